The third kappa shape index (κ3) is 4.22. The highest BCUT2D eigenvalue weighted by Crippen LogP contribution is 2.27. The Balaban J connectivity index is 2.07. The number of carboxylic acid groups (broad SMARTS) is 1. The maximum Gasteiger partial charge on any atom is 0.303 e. The average molecular weight is 370 g/mol. The van der Waals surface area contributed by atoms with E-state index in [0.717, 1.165) is 17.3 Å². The van der Waals surface area contributed by atoms with E-state index in [2.05, 4.69) is 15.9 Å². The third-order valence-corrected chi connectivity index (χ3v) is 4.67. The quantitative estimate of drug-likeness (QED) is 0.865. The van der Waals surface area contributed by atoms with Crippen molar-refractivity contribution < 1.29 is 19.4 Å². The summed E-state index contributed by atoms with van der Waals surface area (Å²) in [6.45, 7) is 1.34. The van der Waals surface area contributed by atoms with E-state index in [9.17, 15) is 9.59 Å². The van der Waals surface area contributed by atoms with Crippen molar-refractivity contribution in [3.05, 3.63) is 28.2 Å². The summed E-state index contributed by atoms with van der Waals surface area (Å²) in [5.41, 5.74) is 0.582. The molecule has 6 heteroatoms. The molecule has 0 bridgehead atoms. The minimum atomic E-state index is -0.779. The van der Waals surface area contributed by atoms with Crippen LogP contribution in [0.3, 0.4) is 0 Å². The highest BCUT2D eigenvalue weighted by atomic mass is 79.9. The van der Waals surface area contributed by atoms with Crippen LogP contribution in [-0.4, -0.2) is 42.1 Å². The summed E-state index contributed by atoms with van der Waals surface area (Å²) in [5.74, 6) is 0.0916. The summed E-state index contributed by atoms with van der Waals surface area (Å²) in [4.78, 5) is 25.2. The van der Waals surface area contributed by atoms with E-state index in [0.29, 0.717) is 30.8 Å². The number of piperidine rings is 1. The summed E-state index contributed by atoms with van der Waals surface area (Å²) >= 11 is 3.41. The van der Waals surface area contributed by atoms with Crippen molar-refractivity contribution in [1.29, 1.82) is 0 Å². The van der Waals surface area contributed by atoms with Gasteiger partial charge < -0.3 is 14.7 Å². The number of benzene rings is 1. The molecule has 1 fully saturated rings. The smallest absolute Gasteiger partial charge is 0.303 e. The Hall–Kier alpha value is -1.56. The molecule has 0 radical (unpaired) electrons. The largest absolute Gasteiger partial charge is 0.497 e. The number of rotatable bonds is 5. The second kappa shape index (κ2) is 7.63. The molecular formula is C16H20BrNO4. The molecule has 0 aliphatic carbocycles. The van der Waals surface area contributed by atoms with E-state index >= 15 is 0 Å². The number of ether oxygens (including phenoxy) is 1. The summed E-state index contributed by atoms with van der Waals surface area (Å²) in [5, 5.41) is 8.79. The van der Waals surface area contributed by atoms with Gasteiger partial charge in [-0.05, 0) is 59.3 Å². The summed E-state index contributed by atoms with van der Waals surface area (Å²) in [6, 6.07) is 5.33. The van der Waals surface area contributed by atoms with Crippen LogP contribution in [0, 0.1) is 5.92 Å². The molecule has 0 saturated carbocycles. The molecule has 0 spiro atoms. The SMILES string of the molecule is COc1ccc(Br)c(C(=O)N2CCC[C@H](CCC(=O)O)C2)c1. The number of methoxy groups -OCH3 is 1. The van der Waals surface area contributed by atoms with Gasteiger partial charge in [0.15, 0.2) is 0 Å². The molecule has 0 unspecified atom stereocenters. The van der Waals surface area contributed by atoms with Gasteiger partial charge in [-0.1, -0.05) is 0 Å². The minimum absolute atomic E-state index is 0.0363. The minimum Gasteiger partial charge on any atom is -0.497 e. The number of halogens is 1. The maximum absolute atomic E-state index is 12.7. The molecule has 1 atom stereocenters. The van der Waals surface area contributed by atoms with Crippen molar-refractivity contribution in [3.8, 4) is 5.75 Å². The number of aliphatic carboxylic acids is 1. The highest BCUT2D eigenvalue weighted by molar-refractivity contribution is 9.10. The van der Waals surface area contributed by atoms with Crippen molar-refractivity contribution in [2.75, 3.05) is 20.2 Å². The van der Waals surface area contributed by atoms with Crippen LogP contribution in [0.15, 0.2) is 22.7 Å². The van der Waals surface area contributed by atoms with Gasteiger partial charge in [-0.15, -0.1) is 0 Å². The molecule has 2 rings (SSSR count). The molecule has 1 aromatic carbocycles. The topological polar surface area (TPSA) is 66.8 Å². The van der Waals surface area contributed by atoms with Gasteiger partial charge in [0.2, 0.25) is 0 Å². The first-order valence-corrected chi connectivity index (χ1v) is 8.15. The van der Waals surface area contributed by atoms with Crippen LogP contribution in [0.25, 0.3) is 0 Å². The number of hydrogen-bond acceptors (Lipinski definition) is 3. The summed E-state index contributed by atoms with van der Waals surface area (Å²) in [7, 11) is 1.57. The number of carbonyl (C=O) groups excluding carboxylic acids is 1. The molecule has 1 aliphatic rings. The number of carbonyl (C=O) groups is 2. The van der Waals surface area contributed by atoms with E-state index < -0.39 is 5.97 Å². The summed E-state index contributed by atoms with van der Waals surface area (Å²) < 4.78 is 5.92. The molecule has 120 valence electrons. The molecule has 1 aliphatic heterocycles. The standard InChI is InChI=1S/C16H20BrNO4/c1-22-12-5-6-14(17)13(9-12)16(21)18-8-2-3-11(10-18)4-7-15(19)20/h5-6,9,11H,2-4,7-8,10H2,1H3,(H,19,20)/t11-/m1/s1. The fraction of sp³-hybridized carbons (Fsp3) is 0.500. The Kier molecular flexibility index (Phi) is 5.83. The Bertz CT molecular complexity index is 561. The van der Waals surface area contributed by atoms with Crippen LogP contribution in [0.4, 0.5) is 0 Å². The van der Waals surface area contributed by atoms with Crippen LogP contribution in [0.1, 0.15) is 36.0 Å². The lowest BCUT2D eigenvalue weighted by Crippen LogP contribution is -2.40. The van der Waals surface area contributed by atoms with Crippen molar-refractivity contribution in [2.45, 2.75) is 25.7 Å². The van der Waals surface area contributed by atoms with Gasteiger partial charge in [0, 0.05) is 24.0 Å². The van der Waals surface area contributed by atoms with Gasteiger partial charge in [-0.3, -0.25) is 9.59 Å². The van der Waals surface area contributed by atoms with Gasteiger partial charge in [0.1, 0.15) is 5.75 Å². The molecule has 5 nitrogen and oxygen atoms in total. The van der Waals surface area contributed by atoms with E-state index in [1.165, 1.54) is 0 Å². The average Bonchev–Trinajstić information content (AvgIpc) is 2.53. The Morgan fingerprint density at radius 3 is 2.91 bits per heavy atom. The highest BCUT2D eigenvalue weighted by Gasteiger charge is 2.26. The number of nitrogens with zero attached hydrogens (tertiary/aromatic N) is 1. The third-order valence-electron chi connectivity index (χ3n) is 3.98. The second-order valence-corrected chi connectivity index (χ2v) is 6.39. The molecule has 1 saturated heterocycles. The van der Waals surface area contributed by atoms with Gasteiger partial charge in [-0.2, -0.15) is 0 Å². The summed E-state index contributed by atoms with van der Waals surface area (Å²) in [6.07, 6.45) is 2.68. The predicted octanol–water partition coefficient (Wildman–Crippen LogP) is 3.17. The lowest BCUT2D eigenvalue weighted by Gasteiger charge is -2.33. The normalized spacial score (nSPS) is 18.1. The first-order valence-electron chi connectivity index (χ1n) is 7.36. The zero-order valence-electron chi connectivity index (χ0n) is 12.5. The number of carboxylic acids is 1. The van der Waals surface area contributed by atoms with Crippen LogP contribution in [-0.2, 0) is 4.79 Å². The van der Waals surface area contributed by atoms with E-state index in [4.69, 9.17) is 9.84 Å². The Morgan fingerprint density at radius 2 is 2.23 bits per heavy atom. The molecule has 1 heterocycles. The zero-order valence-corrected chi connectivity index (χ0v) is 14.1. The van der Waals surface area contributed by atoms with Crippen molar-refractivity contribution in [3.63, 3.8) is 0 Å². The number of hydrogen-bond donors (Lipinski definition) is 1. The molecule has 22 heavy (non-hydrogen) atoms. The Morgan fingerprint density at radius 1 is 1.45 bits per heavy atom. The molecule has 1 amide bonds. The molecule has 1 N–H and O–H groups in total. The van der Waals surface area contributed by atoms with Crippen LogP contribution < -0.4 is 4.74 Å². The fourth-order valence-corrected chi connectivity index (χ4v) is 3.19. The monoisotopic (exact) mass is 369 g/mol. The lowest BCUT2D eigenvalue weighted by atomic mass is 9.93. The van der Waals surface area contributed by atoms with Crippen LogP contribution in [0.5, 0.6) is 5.75 Å². The van der Waals surface area contributed by atoms with E-state index in [-0.39, 0.29) is 18.2 Å². The zero-order chi connectivity index (χ0) is 16.1. The van der Waals surface area contributed by atoms with Gasteiger partial charge in [-0.25, -0.2) is 0 Å². The van der Waals surface area contributed by atoms with E-state index in [1.54, 1.807) is 25.3 Å². The fourth-order valence-electron chi connectivity index (χ4n) is 2.78. The lowest BCUT2D eigenvalue weighted by molar-refractivity contribution is -0.137. The predicted molar refractivity (Wildman–Crippen MR) is 86.2 cm³/mol. The first kappa shape index (κ1) is 16.8. The van der Waals surface area contributed by atoms with E-state index in [1.807, 2.05) is 4.90 Å². The number of likely N-dealkylation sites (tertiary alicyclic amines) is 1. The van der Waals surface area contributed by atoms with Crippen molar-refractivity contribution in [1.82, 2.24) is 4.90 Å². The second-order valence-electron chi connectivity index (χ2n) is 5.54. The molecule has 1 aromatic rings. The van der Waals surface area contributed by atoms with Gasteiger partial charge >= 0.3 is 5.97 Å². The first-order chi connectivity index (χ1) is 10.5. The van der Waals surface area contributed by atoms with Crippen LogP contribution >= 0.6 is 15.9 Å². The van der Waals surface area contributed by atoms with Gasteiger partial charge in [0.25, 0.3) is 5.91 Å². The number of amides is 1. The van der Waals surface area contributed by atoms with Crippen molar-refractivity contribution >= 4 is 27.8 Å². The van der Waals surface area contributed by atoms with Crippen molar-refractivity contribution in [2.24, 2.45) is 5.92 Å². The van der Waals surface area contributed by atoms with Crippen LogP contribution in [0.2, 0.25) is 0 Å². The Labute approximate surface area is 138 Å². The maximum atomic E-state index is 12.7. The van der Waals surface area contributed by atoms with Gasteiger partial charge in [0.05, 0.1) is 12.7 Å². The molecular weight excluding hydrogens is 350 g/mol. The molecule has 0 aromatic heterocycles.